The van der Waals surface area contributed by atoms with E-state index in [0.29, 0.717) is 25.3 Å². The van der Waals surface area contributed by atoms with Gasteiger partial charge in [0.1, 0.15) is 0 Å². The summed E-state index contributed by atoms with van der Waals surface area (Å²) in [5.41, 5.74) is -0.0340. The molecule has 0 radical (unpaired) electrons. The first-order valence-electron chi connectivity index (χ1n) is 6.46. The molecule has 2 N–H and O–H groups in total. The van der Waals surface area contributed by atoms with Crippen molar-refractivity contribution in [2.45, 2.75) is 63.7 Å². The first-order valence-corrected chi connectivity index (χ1v) is 6.46. The molecule has 1 aliphatic carbocycles. The second-order valence-electron chi connectivity index (χ2n) is 5.41. The van der Waals surface area contributed by atoms with Crippen LogP contribution < -0.4 is 0 Å². The second-order valence-corrected chi connectivity index (χ2v) is 5.41. The molecule has 4 heteroatoms. The van der Waals surface area contributed by atoms with E-state index in [4.69, 9.17) is 0 Å². The fraction of sp³-hybridized carbons (Fsp3) is 0.769. The second kappa shape index (κ2) is 4.78. The van der Waals surface area contributed by atoms with Gasteiger partial charge in [0.2, 0.25) is 0 Å². The number of hydrogen-bond acceptors (Lipinski definition) is 3. The molecule has 2 rings (SSSR count). The van der Waals surface area contributed by atoms with Crippen LogP contribution in [0.1, 0.15) is 51.3 Å². The number of aliphatic hydroxyl groups excluding tert-OH is 1. The Morgan fingerprint density at radius 2 is 2.06 bits per heavy atom. The van der Waals surface area contributed by atoms with E-state index in [1.165, 1.54) is 0 Å². The predicted octanol–water partition coefficient (Wildman–Crippen LogP) is 1.67. The number of aromatic nitrogens is 2. The first-order chi connectivity index (χ1) is 8.01. The Morgan fingerprint density at radius 1 is 1.41 bits per heavy atom. The van der Waals surface area contributed by atoms with E-state index in [2.05, 4.69) is 18.9 Å². The molecule has 0 aromatic carbocycles. The maximum Gasteiger partial charge on any atom is 0.0909 e. The maximum atomic E-state index is 10.3. The van der Waals surface area contributed by atoms with Gasteiger partial charge in [0.05, 0.1) is 17.4 Å². The van der Waals surface area contributed by atoms with Gasteiger partial charge in [-0.15, -0.1) is 0 Å². The first kappa shape index (κ1) is 12.6. The molecule has 0 bridgehead atoms. The van der Waals surface area contributed by atoms with Crippen LogP contribution in [-0.2, 0) is 6.42 Å². The average molecular weight is 238 g/mol. The van der Waals surface area contributed by atoms with E-state index < -0.39 is 11.7 Å². The number of nitrogens with zero attached hydrogens (tertiary/aromatic N) is 2. The van der Waals surface area contributed by atoms with Crippen LogP contribution in [0.15, 0.2) is 12.3 Å². The summed E-state index contributed by atoms with van der Waals surface area (Å²) in [7, 11) is 0. The average Bonchev–Trinajstić information content (AvgIpc) is 2.88. The number of aliphatic hydroxyl groups is 2. The molecule has 17 heavy (non-hydrogen) atoms. The van der Waals surface area contributed by atoms with Crippen LogP contribution in [0.4, 0.5) is 0 Å². The maximum absolute atomic E-state index is 10.3. The molecule has 0 aliphatic heterocycles. The molecule has 1 aliphatic rings. The Kier molecular flexibility index (Phi) is 3.54. The molecule has 1 unspecified atom stereocenters. The monoisotopic (exact) mass is 238 g/mol. The highest BCUT2D eigenvalue weighted by Gasteiger charge is 2.38. The Bertz CT molecular complexity index is 367. The van der Waals surface area contributed by atoms with Gasteiger partial charge in [-0.25, -0.2) is 0 Å². The molecule has 1 atom stereocenters. The normalized spacial score (nSPS) is 21.0. The van der Waals surface area contributed by atoms with Gasteiger partial charge in [0.25, 0.3) is 0 Å². The molecule has 1 fully saturated rings. The Balaban J connectivity index is 1.99. The standard InChI is InChI=1S/C13H22N2O2/c1-10(2)15-8-5-11(14-15)9-12(16)13(17)6-3-4-7-13/h5,8,10,12,16-17H,3-4,6-7,9H2,1-2H3. The fourth-order valence-electron chi connectivity index (χ4n) is 2.48. The van der Waals surface area contributed by atoms with Crippen molar-refractivity contribution in [2.75, 3.05) is 0 Å². The lowest BCUT2D eigenvalue weighted by atomic mass is 9.92. The van der Waals surface area contributed by atoms with Crippen molar-refractivity contribution in [1.82, 2.24) is 9.78 Å². The Hall–Kier alpha value is -0.870. The lowest BCUT2D eigenvalue weighted by Gasteiger charge is -2.27. The van der Waals surface area contributed by atoms with Crippen LogP contribution in [0.5, 0.6) is 0 Å². The van der Waals surface area contributed by atoms with Crippen LogP contribution in [0.25, 0.3) is 0 Å². The van der Waals surface area contributed by atoms with Gasteiger partial charge in [-0.2, -0.15) is 5.10 Å². The summed E-state index contributed by atoms with van der Waals surface area (Å²) in [4.78, 5) is 0. The SMILES string of the molecule is CC(C)n1ccc(CC(O)C2(O)CCCC2)n1. The lowest BCUT2D eigenvalue weighted by molar-refractivity contribution is -0.0693. The van der Waals surface area contributed by atoms with Crippen LogP contribution in [-0.4, -0.2) is 31.7 Å². The minimum atomic E-state index is -0.887. The summed E-state index contributed by atoms with van der Waals surface area (Å²) < 4.78 is 1.88. The van der Waals surface area contributed by atoms with Crippen molar-refractivity contribution in [2.24, 2.45) is 0 Å². The zero-order valence-electron chi connectivity index (χ0n) is 10.6. The van der Waals surface area contributed by atoms with E-state index in [1.54, 1.807) is 0 Å². The third-order valence-electron chi connectivity index (χ3n) is 3.68. The van der Waals surface area contributed by atoms with Crippen LogP contribution >= 0.6 is 0 Å². The van der Waals surface area contributed by atoms with Crippen LogP contribution in [0.2, 0.25) is 0 Å². The molecule has 0 spiro atoms. The molecule has 0 amide bonds. The predicted molar refractivity (Wildman–Crippen MR) is 65.7 cm³/mol. The number of rotatable bonds is 4. The minimum Gasteiger partial charge on any atom is -0.390 e. The van der Waals surface area contributed by atoms with Crippen molar-refractivity contribution >= 4 is 0 Å². The fourth-order valence-corrected chi connectivity index (χ4v) is 2.48. The van der Waals surface area contributed by atoms with E-state index in [1.807, 2.05) is 16.9 Å². The molecule has 1 saturated carbocycles. The Morgan fingerprint density at radius 3 is 2.59 bits per heavy atom. The van der Waals surface area contributed by atoms with Crippen molar-refractivity contribution in [3.05, 3.63) is 18.0 Å². The molecule has 96 valence electrons. The number of hydrogen-bond donors (Lipinski definition) is 2. The van der Waals surface area contributed by atoms with Gasteiger partial charge in [0, 0.05) is 18.7 Å². The summed E-state index contributed by atoms with van der Waals surface area (Å²) in [6.45, 7) is 4.13. The van der Waals surface area contributed by atoms with Gasteiger partial charge in [0.15, 0.2) is 0 Å². The summed E-state index contributed by atoms with van der Waals surface area (Å²) in [5, 5.41) is 24.8. The van der Waals surface area contributed by atoms with E-state index >= 15 is 0 Å². The summed E-state index contributed by atoms with van der Waals surface area (Å²) in [5.74, 6) is 0. The van der Waals surface area contributed by atoms with Crippen LogP contribution in [0, 0.1) is 0 Å². The van der Waals surface area contributed by atoms with E-state index in [0.717, 1.165) is 18.5 Å². The summed E-state index contributed by atoms with van der Waals surface area (Å²) in [6.07, 6.45) is 5.10. The van der Waals surface area contributed by atoms with Gasteiger partial charge in [-0.1, -0.05) is 12.8 Å². The largest absolute Gasteiger partial charge is 0.390 e. The van der Waals surface area contributed by atoms with E-state index in [9.17, 15) is 10.2 Å². The van der Waals surface area contributed by atoms with Crippen LogP contribution in [0.3, 0.4) is 0 Å². The summed E-state index contributed by atoms with van der Waals surface area (Å²) in [6, 6.07) is 2.25. The van der Waals surface area contributed by atoms with Crippen molar-refractivity contribution < 1.29 is 10.2 Å². The lowest BCUT2D eigenvalue weighted by Crippen LogP contribution is -2.41. The highest BCUT2D eigenvalue weighted by atomic mass is 16.3. The highest BCUT2D eigenvalue weighted by molar-refractivity contribution is 5.05. The molecule has 1 aromatic rings. The smallest absolute Gasteiger partial charge is 0.0909 e. The zero-order chi connectivity index (χ0) is 12.5. The Labute approximate surface area is 102 Å². The third kappa shape index (κ3) is 2.69. The topological polar surface area (TPSA) is 58.3 Å². The third-order valence-corrected chi connectivity index (χ3v) is 3.68. The van der Waals surface area contributed by atoms with Gasteiger partial charge >= 0.3 is 0 Å². The molecule has 0 saturated heterocycles. The molecule has 4 nitrogen and oxygen atoms in total. The van der Waals surface area contributed by atoms with Gasteiger partial charge < -0.3 is 10.2 Å². The van der Waals surface area contributed by atoms with E-state index in [-0.39, 0.29) is 0 Å². The molecular formula is C13H22N2O2. The molecule has 1 aromatic heterocycles. The quantitative estimate of drug-likeness (QED) is 0.839. The highest BCUT2D eigenvalue weighted by Crippen LogP contribution is 2.33. The zero-order valence-corrected chi connectivity index (χ0v) is 10.6. The molecular weight excluding hydrogens is 216 g/mol. The van der Waals surface area contributed by atoms with Crippen molar-refractivity contribution in [3.63, 3.8) is 0 Å². The van der Waals surface area contributed by atoms with Gasteiger partial charge in [-0.3, -0.25) is 4.68 Å². The van der Waals surface area contributed by atoms with Crippen molar-refractivity contribution in [3.8, 4) is 0 Å². The minimum absolute atomic E-state index is 0.329. The van der Waals surface area contributed by atoms with Gasteiger partial charge in [-0.05, 0) is 32.8 Å². The molecule has 1 heterocycles. The summed E-state index contributed by atoms with van der Waals surface area (Å²) >= 11 is 0. The van der Waals surface area contributed by atoms with Crippen molar-refractivity contribution in [1.29, 1.82) is 0 Å².